The number of nitrogens with zero attached hydrogens (tertiary/aromatic N) is 2. The average Bonchev–Trinajstić information content (AvgIpc) is 2.37. The molecular weight excluding hydrogens is 228 g/mol. The fourth-order valence-corrected chi connectivity index (χ4v) is 1.08. The number of hydrogen-bond donors (Lipinski definition) is 0. The van der Waals surface area contributed by atoms with Crippen molar-refractivity contribution in [2.45, 2.75) is 6.92 Å². The molecule has 1 rings (SSSR count). The third kappa shape index (κ3) is 3.62. The fraction of sp³-hybridized carbons (Fsp3) is 0.0714. The Labute approximate surface area is 105 Å². The predicted molar refractivity (Wildman–Crippen MR) is 66.1 cm³/mol. The van der Waals surface area contributed by atoms with Gasteiger partial charge in [-0.05, 0) is 30.7 Å². The average molecular weight is 238 g/mol. The van der Waals surface area contributed by atoms with E-state index in [2.05, 4.69) is 6.58 Å². The molecule has 0 fully saturated rings. The largest absolute Gasteiger partial charge is 0.423 e. The molecule has 0 saturated heterocycles. The predicted octanol–water partition coefficient (Wildman–Crippen LogP) is 2.60. The van der Waals surface area contributed by atoms with Crippen LogP contribution in [0.1, 0.15) is 12.5 Å². The molecule has 0 aliphatic rings. The van der Waals surface area contributed by atoms with E-state index in [1.165, 1.54) is 6.08 Å². The number of esters is 1. The van der Waals surface area contributed by atoms with Gasteiger partial charge in [-0.2, -0.15) is 10.5 Å². The van der Waals surface area contributed by atoms with Crippen molar-refractivity contribution < 1.29 is 9.53 Å². The minimum atomic E-state index is -0.493. The van der Waals surface area contributed by atoms with Gasteiger partial charge in [-0.1, -0.05) is 18.7 Å². The van der Waals surface area contributed by atoms with Gasteiger partial charge in [0.25, 0.3) is 0 Å². The van der Waals surface area contributed by atoms with E-state index in [-0.39, 0.29) is 5.57 Å². The highest BCUT2D eigenvalue weighted by atomic mass is 16.5. The molecule has 4 heteroatoms. The summed E-state index contributed by atoms with van der Waals surface area (Å²) < 4.78 is 5.00. The van der Waals surface area contributed by atoms with Gasteiger partial charge < -0.3 is 4.74 Å². The molecule has 0 aromatic heterocycles. The second-order valence-electron chi connectivity index (χ2n) is 3.52. The van der Waals surface area contributed by atoms with Crippen molar-refractivity contribution in [1.82, 2.24) is 0 Å². The quantitative estimate of drug-likeness (QED) is 0.351. The van der Waals surface area contributed by atoms with E-state index < -0.39 is 5.97 Å². The lowest BCUT2D eigenvalue weighted by molar-refractivity contribution is -0.130. The van der Waals surface area contributed by atoms with Crippen LogP contribution in [0.5, 0.6) is 5.75 Å². The maximum atomic E-state index is 11.2. The maximum absolute atomic E-state index is 11.2. The van der Waals surface area contributed by atoms with Crippen molar-refractivity contribution in [2.75, 3.05) is 0 Å². The first kappa shape index (κ1) is 13.2. The van der Waals surface area contributed by atoms with Gasteiger partial charge in [0.05, 0.1) is 0 Å². The standard InChI is InChI=1S/C14H10N2O2/c1-10(2)14(17)18-13-5-3-11(4-6-13)7-12(8-15)9-16/h3-7H,1H2,2H3. The van der Waals surface area contributed by atoms with Crippen molar-refractivity contribution in [2.24, 2.45) is 0 Å². The number of ether oxygens (including phenoxy) is 1. The van der Waals surface area contributed by atoms with E-state index in [9.17, 15) is 4.79 Å². The number of benzene rings is 1. The van der Waals surface area contributed by atoms with Crippen LogP contribution in [0.25, 0.3) is 6.08 Å². The van der Waals surface area contributed by atoms with E-state index in [1.807, 2.05) is 0 Å². The van der Waals surface area contributed by atoms with Crippen molar-refractivity contribution in [1.29, 1.82) is 10.5 Å². The van der Waals surface area contributed by atoms with Gasteiger partial charge in [0.2, 0.25) is 0 Å². The lowest BCUT2D eigenvalue weighted by Crippen LogP contribution is -2.07. The molecule has 0 unspecified atom stereocenters. The molecule has 0 radical (unpaired) electrons. The minimum absolute atomic E-state index is 0.0154. The number of nitriles is 2. The first-order valence-electron chi connectivity index (χ1n) is 5.06. The second-order valence-corrected chi connectivity index (χ2v) is 3.52. The van der Waals surface area contributed by atoms with Gasteiger partial charge in [0.15, 0.2) is 0 Å². The molecule has 0 N–H and O–H groups in total. The van der Waals surface area contributed by atoms with Crippen molar-refractivity contribution in [3.05, 3.63) is 47.6 Å². The smallest absolute Gasteiger partial charge is 0.338 e. The Hall–Kier alpha value is -2.85. The number of hydrogen-bond acceptors (Lipinski definition) is 4. The Morgan fingerprint density at radius 3 is 2.28 bits per heavy atom. The third-order valence-corrected chi connectivity index (χ3v) is 1.99. The van der Waals surface area contributed by atoms with Crippen LogP contribution >= 0.6 is 0 Å². The number of carbonyl (C=O) groups is 1. The van der Waals surface area contributed by atoms with Crippen molar-refractivity contribution in [3.8, 4) is 17.9 Å². The highest BCUT2D eigenvalue weighted by Gasteiger charge is 2.04. The van der Waals surface area contributed by atoms with Crippen LogP contribution < -0.4 is 4.74 Å². The minimum Gasteiger partial charge on any atom is -0.423 e. The molecule has 1 aromatic carbocycles. The van der Waals surface area contributed by atoms with Gasteiger partial charge in [0, 0.05) is 5.57 Å². The Morgan fingerprint density at radius 2 is 1.83 bits per heavy atom. The molecule has 0 atom stereocenters. The molecule has 88 valence electrons. The molecule has 0 spiro atoms. The summed E-state index contributed by atoms with van der Waals surface area (Å²) in [6.07, 6.45) is 1.45. The van der Waals surface area contributed by atoms with Crippen LogP contribution in [0.4, 0.5) is 0 Å². The van der Waals surface area contributed by atoms with Crippen LogP contribution in [-0.2, 0) is 4.79 Å². The molecule has 0 saturated carbocycles. The van der Waals surface area contributed by atoms with E-state index >= 15 is 0 Å². The van der Waals surface area contributed by atoms with Gasteiger partial charge >= 0.3 is 5.97 Å². The Morgan fingerprint density at radius 1 is 1.28 bits per heavy atom. The summed E-state index contributed by atoms with van der Waals surface area (Å²) in [5, 5.41) is 17.2. The molecule has 0 aliphatic heterocycles. The van der Waals surface area contributed by atoms with E-state index in [1.54, 1.807) is 43.3 Å². The fourth-order valence-electron chi connectivity index (χ4n) is 1.08. The molecule has 0 amide bonds. The highest BCUT2D eigenvalue weighted by Crippen LogP contribution is 2.15. The summed E-state index contributed by atoms with van der Waals surface area (Å²) in [5.74, 6) is -0.108. The maximum Gasteiger partial charge on any atom is 0.338 e. The van der Waals surface area contributed by atoms with Crippen LogP contribution in [0.2, 0.25) is 0 Å². The number of allylic oxidation sites excluding steroid dienone is 1. The summed E-state index contributed by atoms with van der Waals surface area (Å²) in [4.78, 5) is 11.2. The monoisotopic (exact) mass is 238 g/mol. The summed E-state index contributed by atoms with van der Waals surface area (Å²) in [7, 11) is 0. The molecule has 18 heavy (non-hydrogen) atoms. The van der Waals surface area contributed by atoms with Crippen molar-refractivity contribution >= 4 is 12.0 Å². The lowest BCUT2D eigenvalue weighted by Gasteiger charge is -2.03. The first-order chi connectivity index (χ1) is 8.56. The molecular formula is C14H10N2O2. The topological polar surface area (TPSA) is 73.9 Å². The van der Waals surface area contributed by atoms with Gasteiger partial charge in [0.1, 0.15) is 23.5 Å². The van der Waals surface area contributed by atoms with Crippen LogP contribution in [0.15, 0.2) is 42.0 Å². The van der Waals surface area contributed by atoms with Crippen molar-refractivity contribution in [3.63, 3.8) is 0 Å². The van der Waals surface area contributed by atoms with Gasteiger partial charge in [-0.15, -0.1) is 0 Å². The van der Waals surface area contributed by atoms with Crippen LogP contribution in [0, 0.1) is 22.7 Å². The van der Waals surface area contributed by atoms with Crippen LogP contribution in [-0.4, -0.2) is 5.97 Å². The number of rotatable bonds is 3. The van der Waals surface area contributed by atoms with E-state index in [0.717, 1.165) is 0 Å². The zero-order valence-corrected chi connectivity index (χ0v) is 9.80. The Kier molecular flexibility index (Phi) is 4.42. The van der Waals surface area contributed by atoms with Gasteiger partial charge in [-0.3, -0.25) is 0 Å². The highest BCUT2D eigenvalue weighted by molar-refractivity contribution is 5.88. The SMILES string of the molecule is C=C(C)C(=O)Oc1ccc(C=C(C#N)C#N)cc1. The third-order valence-electron chi connectivity index (χ3n) is 1.99. The summed E-state index contributed by atoms with van der Waals surface area (Å²) in [6.45, 7) is 5.04. The van der Waals surface area contributed by atoms with E-state index in [0.29, 0.717) is 16.9 Å². The molecule has 0 heterocycles. The Bertz CT molecular complexity index is 568. The number of carbonyl (C=O) groups excluding carboxylic acids is 1. The summed E-state index contributed by atoms with van der Waals surface area (Å²) in [5.41, 5.74) is 1.01. The zero-order chi connectivity index (χ0) is 13.5. The van der Waals surface area contributed by atoms with Crippen LogP contribution in [0.3, 0.4) is 0 Å². The summed E-state index contributed by atoms with van der Waals surface area (Å²) >= 11 is 0. The first-order valence-corrected chi connectivity index (χ1v) is 5.06. The molecule has 4 nitrogen and oxygen atoms in total. The second kappa shape index (κ2) is 6.03. The normalized spacial score (nSPS) is 8.61. The molecule has 0 bridgehead atoms. The zero-order valence-electron chi connectivity index (χ0n) is 9.80. The van der Waals surface area contributed by atoms with Gasteiger partial charge in [-0.25, -0.2) is 4.79 Å². The van der Waals surface area contributed by atoms with E-state index in [4.69, 9.17) is 15.3 Å². The summed E-state index contributed by atoms with van der Waals surface area (Å²) in [6, 6.07) is 9.99. The molecule has 1 aromatic rings. The Balaban J connectivity index is 2.85. The molecule has 0 aliphatic carbocycles. The lowest BCUT2D eigenvalue weighted by atomic mass is 10.1.